The van der Waals surface area contributed by atoms with Crippen LogP contribution in [0.3, 0.4) is 0 Å². The van der Waals surface area contributed by atoms with Gasteiger partial charge in [0, 0.05) is 13.1 Å². The lowest BCUT2D eigenvalue weighted by molar-refractivity contribution is -0.153. The molecule has 130 valence electrons. The predicted molar refractivity (Wildman–Crippen MR) is 82.7 cm³/mol. The number of benzene rings is 1. The van der Waals surface area contributed by atoms with Crippen LogP contribution in [-0.2, 0) is 11.3 Å². The Balaban J connectivity index is 0.00000264. The quantitative estimate of drug-likeness (QED) is 0.856. The Kier molecular flexibility index (Phi) is 7.64. The van der Waals surface area contributed by atoms with Gasteiger partial charge in [-0.2, -0.15) is 13.2 Å². The second-order valence-electron chi connectivity index (χ2n) is 5.27. The van der Waals surface area contributed by atoms with Crippen molar-refractivity contribution in [3.8, 4) is 5.75 Å². The van der Waals surface area contributed by atoms with E-state index in [-0.39, 0.29) is 30.1 Å². The van der Waals surface area contributed by atoms with Gasteiger partial charge in [0.1, 0.15) is 5.75 Å². The van der Waals surface area contributed by atoms with Crippen LogP contribution in [0.4, 0.5) is 13.2 Å². The molecule has 1 amide bonds. The monoisotopic (exact) mass is 352 g/mol. The number of rotatable bonds is 5. The van der Waals surface area contributed by atoms with Gasteiger partial charge in [-0.05, 0) is 37.0 Å². The number of ether oxygens (including phenoxy) is 1. The molecule has 8 heteroatoms. The zero-order valence-corrected chi connectivity index (χ0v) is 13.3. The molecule has 0 aromatic heterocycles. The molecule has 1 unspecified atom stereocenters. The summed E-state index contributed by atoms with van der Waals surface area (Å²) in [4.78, 5) is 11.8. The summed E-state index contributed by atoms with van der Waals surface area (Å²) < 4.78 is 40.8. The molecular formula is C15H20ClF3N2O2. The lowest BCUT2D eigenvalue weighted by atomic mass is 10.1. The molecule has 2 N–H and O–H groups in total. The molecule has 23 heavy (non-hydrogen) atoms. The predicted octanol–water partition coefficient (Wildman–Crippen LogP) is 2.81. The van der Waals surface area contributed by atoms with Crippen molar-refractivity contribution in [1.82, 2.24) is 10.6 Å². The maximum Gasteiger partial charge on any atom is 0.422 e. The van der Waals surface area contributed by atoms with Crippen molar-refractivity contribution in [3.05, 3.63) is 29.8 Å². The Morgan fingerprint density at radius 1 is 1.22 bits per heavy atom. The Labute approximate surface area is 139 Å². The standard InChI is InChI=1S/C15H19F3N2O2.ClH/c16-15(17,18)10-22-12-6-4-11(5-7-12)9-20-13-3-1-2-8-19-14(13)21;/h4-7,13,20H,1-3,8-10H2,(H,19,21);1H. The number of hydrogen-bond donors (Lipinski definition) is 2. The van der Waals surface area contributed by atoms with Crippen molar-refractivity contribution in [1.29, 1.82) is 0 Å². The van der Waals surface area contributed by atoms with Crippen molar-refractivity contribution in [2.75, 3.05) is 13.2 Å². The van der Waals surface area contributed by atoms with Crippen molar-refractivity contribution in [2.45, 2.75) is 38.0 Å². The SMILES string of the molecule is Cl.O=C1NCCCCC1NCc1ccc(OCC(F)(F)F)cc1. The first kappa shape index (κ1) is 19.6. The fourth-order valence-electron chi connectivity index (χ4n) is 2.24. The van der Waals surface area contributed by atoms with Gasteiger partial charge in [-0.1, -0.05) is 12.1 Å². The van der Waals surface area contributed by atoms with Crippen molar-refractivity contribution in [3.63, 3.8) is 0 Å². The maximum atomic E-state index is 12.0. The third-order valence-corrected chi connectivity index (χ3v) is 3.41. The Hall–Kier alpha value is -1.47. The van der Waals surface area contributed by atoms with Gasteiger partial charge in [-0.25, -0.2) is 0 Å². The third kappa shape index (κ3) is 7.09. The highest BCUT2D eigenvalue weighted by molar-refractivity contribution is 5.85. The number of carbonyl (C=O) groups excluding carboxylic acids is 1. The Bertz CT molecular complexity index is 494. The lowest BCUT2D eigenvalue weighted by Gasteiger charge is -2.15. The molecule has 1 atom stereocenters. The molecule has 1 aliphatic heterocycles. The minimum Gasteiger partial charge on any atom is -0.484 e. The van der Waals surface area contributed by atoms with Gasteiger partial charge in [-0.15, -0.1) is 12.4 Å². The second-order valence-corrected chi connectivity index (χ2v) is 5.27. The first-order valence-corrected chi connectivity index (χ1v) is 7.24. The Morgan fingerprint density at radius 3 is 2.57 bits per heavy atom. The Morgan fingerprint density at radius 2 is 1.91 bits per heavy atom. The van der Waals surface area contributed by atoms with Crippen molar-refractivity contribution >= 4 is 18.3 Å². The molecule has 0 spiro atoms. The van der Waals surface area contributed by atoms with E-state index in [1.807, 2.05) is 0 Å². The normalized spacial score (nSPS) is 18.6. The van der Waals surface area contributed by atoms with Gasteiger partial charge in [0.05, 0.1) is 6.04 Å². The summed E-state index contributed by atoms with van der Waals surface area (Å²) in [6, 6.07) is 6.15. The maximum absolute atomic E-state index is 12.0. The molecule has 0 saturated carbocycles. The topological polar surface area (TPSA) is 50.4 Å². The molecule has 1 aliphatic rings. The van der Waals surface area contributed by atoms with E-state index in [4.69, 9.17) is 0 Å². The summed E-state index contributed by atoms with van der Waals surface area (Å²) in [5.41, 5.74) is 0.886. The van der Waals surface area contributed by atoms with Crippen LogP contribution >= 0.6 is 12.4 Å². The van der Waals surface area contributed by atoms with Crippen LogP contribution in [0, 0.1) is 0 Å². The third-order valence-electron chi connectivity index (χ3n) is 3.41. The highest BCUT2D eigenvalue weighted by Crippen LogP contribution is 2.19. The largest absolute Gasteiger partial charge is 0.484 e. The van der Waals surface area contributed by atoms with Crippen LogP contribution in [0.2, 0.25) is 0 Å². The molecule has 0 radical (unpaired) electrons. The van der Waals surface area contributed by atoms with Crippen molar-refractivity contribution < 1.29 is 22.7 Å². The first-order valence-electron chi connectivity index (χ1n) is 7.24. The number of nitrogens with one attached hydrogen (secondary N) is 2. The minimum atomic E-state index is -4.34. The van der Waals surface area contributed by atoms with Gasteiger partial charge in [0.15, 0.2) is 6.61 Å². The number of alkyl halides is 3. The molecule has 0 aliphatic carbocycles. The molecule has 2 rings (SSSR count). The van der Waals surface area contributed by atoms with Crippen LogP contribution < -0.4 is 15.4 Å². The summed E-state index contributed by atoms with van der Waals surface area (Å²) >= 11 is 0. The smallest absolute Gasteiger partial charge is 0.422 e. The van der Waals surface area contributed by atoms with E-state index in [1.54, 1.807) is 12.1 Å². The highest BCUT2D eigenvalue weighted by Gasteiger charge is 2.28. The van der Waals surface area contributed by atoms with Gasteiger partial charge < -0.3 is 15.4 Å². The molecule has 0 bridgehead atoms. The lowest BCUT2D eigenvalue weighted by Crippen LogP contribution is -2.42. The molecule has 4 nitrogen and oxygen atoms in total. The van der Waals surface area contributed by atoms with Crippen molar-refractivity contribution in [2.24, 2.45) is 0 Å². The molecule has 1 aromatic carbocycles. The molecular weight excluding hydrogens is 333 g/mol. The van der Waals surface area contributed by atoms with E-state index in [2.05, 4.69) is 15.4 Å². The average molecular weight is 353 g/mol. The number of hydrogen-bond acceptors (Lipinski definition) is 3. The van der Waals surface area contributed by atoms with Crippen LogP contribution in [0.1, 0.15) is 24.8 Å². The molecule has 1 heterocycles. The fraction of sp³-hybridized carbons (Fsp3) is 0.533. The van der Waals surface area contributed by atoms with Gasteiger partial charge in [-0.3, -0.25) is 4.79 Å². The summed E-state index contributed by atoms with van der Waals surface area (Å²) in [7, 11) is 0. The summed E-state index contributed by atoms with van der Waals surface area (Å²) in [6.07, 6.45) is -1.58. The number of amides is 1. The highest BCUT2D eigenvalue weighted by atomic mass is 35.5. The molecule has 1 aromatic rings. The zero-order valence-electron chi connectivity index (χ0n) is 12.5. The van der Waals surface area contributed by atoms with E-state index >= 15 is 0 Å². The van der Waals surface area contributed by atoms with Crippen LogP contribution in [0.25, 0.3) is 0 Å². The summed E-state index contributed by atoms with van der Waals surface area (Å²) in [5, 5.41) is 6.01. The number of halogens is 4. The van der Waals surface area contributed by atoms with Gasteiger partial charge >= 0.3 is 6.18 Å². The molecule has 1 fully saturated rings. The van der Waals surface area contributed by atoms with Crippen LogP contribution in [0.5, 0.6) is 5.75 Å². The van der Waals surface area contributed by atoms with E-state index < -0.39 is 12.8 Å². The minimum absolute atomic E-state index is 0. The van der Waals surface area contributed by atoms with E-state index in [1.165, 1.54) is 12.1 Å². The number of carbonyl (C=O) groups is 1. The van der Waals surface area contributed by atoms with E-state index in [0.717, 1.165) is 24.8 Å². The summed E-state index contributed by atoms with van der Waals surface area (Å²) in [5.74, 6) is 0.177. The van der Waals surface area contributed by atoms with Crippen LogP contribution in [0.15, 0.2) is 24.3 Å². The second kappa shape index (κ2) is 8.98. The summed E-state index contributed by atoms with van der Waals surface area (Å²) in [6.45, 7) is -0.104. The van der Waals surface area contributed by atoms with Crippen LogP contribution in [-0.4, -0.2) is 31.3 Å². The van der Waals surface area contributed by atoms with Gasteiger partial charge in [0.2, 0.25) is 5.91 Å². The average Bonchev–Trinajstić information content (AvgIpc) is 2.68. The molecule has 1 saturated heterocycles. The first-order chi connectivity index (χ1) is 10.4. The van der Waals surface area contributed by atoms with Gasteiger partial charge in [0.25, 0.3) is 0 Å². The fourth-order valence-corrected chi connectivity index (χ4v) is 2.24. The van der Waals surface area contributed by atoms with E-state index in [0.29, 0.717) is 13.1 Å². The van der Waals surface area contributed by atoms with E-state index in [9.17, 15) is 18.0 Å². The zero-order chi connectivity index (χ0) is 16.0.